The van der Waals surface area contributed by atoms with Crippen molar-refractivity contribution in [3.63, 3.8) is 0 Å². The number of pyridine rings is 1. The number of benzene rings is 1. The van der Waals surface area contributed by atoms with Gasteiger partial charge in [0.15, 0.2) is 0 Å². The van der Waals surface area contributed by atoms with Crippen LogP contribution in [0.3, 0.4) is 0 Å². The third kappa shape index (κ3) is 3.32. The summed E-state index contributed by atoms with van der Waals surface area (Å²) in [6.45, 7) is 0.661. The average Bonchev–Trinajstić information content (AvgIpc) is 2.62. The van der Waals surface area contributed by atoms with Crippen molar-refractivity contribution in [3.05, 3.63) is 66.2 Å². The maximum atomic E-state index is 7.35. The maximum absolute atomic E-state index is 7.35. The number of aromatic nitrogens is 3. The van der Waals surface area contributed by atoms with Crippen LogP contribution in [0.15, 0.2) is 55.1 Å². The lowest BCUT2D eigenvalue weighted by molar-refractivity contribution is 1.09. The molecule has 23 heavy (non-hydrogen) atoms. The molecule has 2 heterocycles. The van der Waals surface area contributed by atoms with Crippen LogP contribution in [-0.4, -0.2) is 21.2 Å². The largest absolute Gasteiger partial charge is 0.404 e. The fraction of sp³-hybridized carbons (Fsp3) is 0.0588. The molecule has 3 rings (SSSR count). The number of allylic oxidation sites excluding steroid dienone is 1. The molecular formula is C17H16N6. The summed E-state index contributed by atoms with van der Waals surface area (Å²) in [5.74, 6) is 0.712. The average molecular weight is 304 g/mol. The molecule has 6 nitrogen and oxygen atoms in total. The monoisotopic (exact) mass is 304 g/mol. The van der Waals surface area contributed by atoms with Gasteiger partial charge in [-0.15, -0.1) is 0 Å². The zero-order valence-electron chi connectivity index (χ0n) is 12.4. The van der Waals surface area contributed by atoms with Gasteiger partial charge in [-0.25, -0.2) is 4.98 Å². The van der Waals surface area contributed by atoms with Gasteiger partial charge in [-0.05, 0) is 35.4 Å². The minimum Gasteiger partial charge on any atom is -0.404 e. The van der Waals surface area contributed by atoms with Crippen LogP contribution < -0.4 is 11.1 Å². The van der Waals surface area contributed by atoms with Crippen molar-refractivity contribution in [2.75, 3.05) is 5.32 Å². The quantitative estimate of drug-likeness (QED) is 0.629. The molecule has 4 N–H and O–H groups in total. The predicted octanol–water partition coefficient (Wildman–Crippen LogP) is 2.59. The van der Waals surface area contributed by atoms with Crippen LogP contribution in [0.25, 0.3) is 16.6 Å². The highest BCUT2D eigenvalue weighted by atomic mass is 15.0. The zero-order valence-corrected chi connectivity index (χ0v) is 12.4. The molecule has 0 atom stereocenters. The number of anilines is 1. The highest BCUT2D eigenvalue weighted by molar-refractivity contribution is 6.08. The van der Waals surface area contributed by atoms with E-state index in [2.05, 4.69) is 20.3 Å². The molecule has 0 saturated carbocycles. The zero-order chi connectivity index (χ0) is 16.1. The molecule has 114 valence electrons. The molecule has 1 aromatic carbocycles. The summed E-state index contributed by atoms with van der Waals surface area (Å²) in [5, 5.41) is 10.6. The standard InChI is InChI=1S/C17H16N6/c18-8-14(9-19)13-1-2-15-16(7-13)21-11-17(23-15)22-10-12-3-5-20-6-4-12/h1-9,11,18H,10,19H2,(H,22,23)/b14-9+,18-8?. The summed E-state index contributed by atoms with van der Waals surface area (Å²) >= 11 is 0. The van der Waals surface area contributed by atoms with E-state index in [-0.39, 0.29) is 0 Å². The molecule has 0 spiro atoms. The van der Waals surface area contributed by atoms with E-state index in [1.54, 1.807) is 18.6 Å². The van der Waals surface area contributed by atoms with Crippen LogP contribution >= 0.6 is 0 Å². The first-order valence-corrected chi connectivity index (χ1v) is 7.12. The Balaban J connectivity index is 1.82. The fourth-order valence-corrected chi connectivity index (χ4v) is 2.20. The number of nitrogens with zero attached hydrogens (tertiary/aromatic N) is 3. The summed E-state index contributed by atoms with van der Waals surface area (Å²) in [5.41, 5.74) is 9.69. The molecule has 0 aliphatic rings. The number of nitrogens with two attached hydrogens (primary N) is 1. The molecule has 3 aromatic rings. The van der Waals surface area contributed by atoms with Crippen molar-refractivity contribution < 1.29 is 0 Å². The third-order valence-corrected chi connectivity index (χ3v) is 3.43. The molecule has 0 bridgehead atoms. The first-order valence-electron chi connectivity index (χ1n) is 7.12. The van der Waals surface area contributed by atoms with E-state index in [9.17, 15) is 0 Å². The van der Waals surface area contributed by atoms with Crippen molar-refractivity contribution in [1.29, 1.82) is 5.41 Å². The van der Waals surface area contributed by atoms with Gasteiger partial charge in [0.1, 0.15) is 5.82 Å². The van der Waals surface area contributed by atoms with E-state index in [4.69, 9.17) is 11.1 Å². The van der Waals surface area contributed by atoms with Crippen LogP contribution in [0.1, 0.15) is 11.1 Å². The Hall–Kier alpha value is -3.28. The van der Waals surface area contributed by atoms with Gasteiger partial charge < -0.3 is 16.5 Å². The number of fused-ring (bicyclic) bond motifs is 1. The second kappa shape index (κ2) is 6.65. The first-order chi connectivity index (χ1) is 11.3. The van der Waals surface area contributed by atoms with E-state index in [1.807, 2.05) is 30.3 Å². The molecule has 0 aliphatic heterocycles. The Morgan fingerprint density at radius 3 is 2.74 bits per heavy atom. The number of hydrogen-bond donors (Lipinski definition) is 3. The number of hydrogen-bond acceptors (Lipinski definition) is 6. The van der Waals surface area contributed by atoms with E-state index < -0.39 is 0 Å². The van der Waals surface area contributed by atoms with E-state index in [0.29, 0.717) is 17.9 Å². The normalized spacial score (nSPS) is 11.4. The van der Waals surface area contributed by atoms with Gasteiger partial charge in [-0.1, -0.05) is 6.07 Å². The lowest BCUT2D eigenvalue weighted by Crippen LogP contribution is -2.02. The van der Waals surface area contributed by atoms with Crippen LogP contribution in [-0.2, 0) is 6.54 Å². The Morgan fingerprint density at radius 2 is 2.00 bits per heavy atom. The van der Waals surface area contributed by atoms with Crippen LogP contribution in [0.5, 0.6) is 0 Å². The van der Waals surface area contributed by atoms with Gasteiger partial charge in [0.25, 0.3) is 0 Å². The van der Waals surface area contributed by atoms with Crippen molar-refractivity contribution >= 4 is 28.6 Å². The second-order valence-electron chi connectivity index (χ2n) is 4.93. The second-order valence-corrected chi connectivity index (χ2v) is 4.93. The van der Waals surface area contributed by atoms with Crippen LogP contribution in [0.4, 0.5) is 5.82 Å². The minimum atomic E-state index is 0.647. The van der Waals surface area contributed by atoms with Crippen LogP contribution in [0.2, 0.25) is 0 Å². The SMILES string of the molecule is N=C/C(=C\N)c1ccc2nc(NCc3ccncc3)cnc2c1. The number of nitrogens with one attached hydrogen (secondary N) is 2. The summed E-state index contributed by atoms with van der Waals surface area (Å²) in [7, 11) is 0. The van der Waals surface area contributed by atoms with Crippen molar-refractivity contribution in [2.45, 2.75) is 6.54 Å². The summed E-state index contributed by atoms with van der Waals surface area (Å²) in [6, 6.07) is 9.53. The highest BCUT2D eigenvalue weighted by Gasteiger charge is 2.04. The lowest BCUT2D eigenvalue weighted by atomic mass is 10.1. The van der Waals surface area contributed by atoms with Gasteiger partial charge in [-0.3, -0.25) is 9.97 Å². The lowest BCUT2D eigenvalue weighted by Gasteiger charge is -2.07. The van der Waals surface area contributed by atoms with Crippen molar-refractivity contribution in [3.8, 4) is 0 Å². The molecule has 0 aliphatic carbocycles. The summed E-state index contributed by atoms with van der Waals surface area (Å²) < 4.78 is 0. The Bertz CT molecular complexity index is 857. The third-order valence-electron chi connectivity index (χ3n) is 3.43. The Morgan fingerprint density at radius 1 is 1.17 bits per heavy atom. The van der Waals surface area contributed by atoms with E-state index in [1.165, 1.54) is 12.4 Å². The topological polar surface area (TPSA) is 101 Å². The van der Waals surface area contributed by atoms with Gasteiger partial charge in [-0.2, -0.15) is 0 Å². The molecule has 2 aromatic heterocycles. The molecular weight excluding hydrogens is 288 g/mol. The highest BCUT2D eigenvalue weighted by Crippen LogP contribution is 2.18. The smallest absolute Gasteiger partial charge is 0.145 e. The summed E-state index contributed by atoms with van der Waals surface area (Å²) in [4.78, 5) is 13.0. The molecule has 0 radical (unpaired) electrons. The molecule has 0 unspecified atom stereocenters. The van der Waals surface area contributed by atoms with Gasteiger partial charge in [0, 0.05) is 36.9 Å². The number of rotatable bonds is 5. The van der Waals surface area contributed by atoms with Crippen molar-refractivity contribution in [2.24, 2.45) is 5.73 Å². The Kier molecular flexibility index (Phi) is 4.24. The molecule has 6 heteroatoms. The van der Waals surface area contributed by atoms with E-state index in [0.717, 1.165) is 22.2 Å². The molecule has 0 amide bonds. The predicted molar refractivity (Wildman–Crippen MR) is 92.0 cm³/mol. The van der Waals surface area contributed by atoms with Crippen LogP contribution in [0, 0.1) is 5.41 Å². The molecule has 0 fully saturated rings. The van der Waals surface area contributed by atoms with Gasteiger partial charge >= 0.3 is 0 Å². The molecule has 0 saturated heterocycles. The minimum absolute atomic E-state index is 0.647. The summed E-state index contributed by atoms with van der Waals surface area (Å²) in [6.07, 6.45) is 7.85. The van der Waals surface area contributed by atoms with Crippen molar-refractivity contribution in [1.82, 2.24) is 15.0 Å². The first kappa shape index (κ1) is 14.6. The van der Waals surface area contributed by atoms with Gasteiger partial charge in [0.05, 0.1) is 17.2 Å². The van der Waals surface area contributed by atoms with Gasteiger partial charge in [0.2, 0.25) is 0 Å². The maximum Gasteiger partial charge on any atom is 0.145 e. The Labute approximate surface area is 133 Å². The van der Waals surface area contributed by atoms with E-state index >= 15 is 0 Å². The fourth-order valence-electron chi connectivity index (χ4n) is 2.20.